The predicted molar refractivity (Wildman–Crippen MR) is 117 cm³/mol. The third-order valence-corrected chi connectivity index (χ3v) is 5.09. The van der Waals surface area contributed by atoms with Gasteiger partial charge in [-0.05, 0) is 26.0 Å². The summed E-state index contributed by atoms with van der Waals surface area (Å²) in [5, 5.41) is 23.2. The monoisotopic (exact) mass is 425 g/mol. The van der Waals surface area contributed by atoms with Crippen LogP contribution in [-0.4, -0.2) is 44.4 Å². The van der Waals surface area contributed by atoms with Gasteiger partial charge in [-0.15, -0.1) is 10.2 Å². The van der Waals surface area contributed by atoms with E-state index in [1.165, 1.54) is 18.0 Å². The van der Waals surface area contributed by atoms with Gasteiger partial charge >= 0.3 is 0 Å². The molecule has 0 saturated heterocycles. The molecule has 1 heterocycles. The first-order valence-electron chi connectivity index (χ1n) is 9.52. The lowest BCUT2D eigenvalue weighted by Gasteiger charge is -2.07. The van der Waals surface area contributed by atoms with Crippen molar-refractivity contribution in [2.75, 3.05) is 12.4 Å². The topological polar surface area (TPSA) is 102 Å². The molecule has 0 radical (unpaired) electrons. The van der Waals surface area contributed by atoms with E-state index in [-0.39, 0.29) is 17.4 Å². The summed E-state index contributed by atoms with van der Waals surface area (Å²) in [6, 6.07) is 14.9. The van der Waals surface area contributed by atoms with Gasteiger partial charge in [0.15, 0.2) is 22.5 Å². The van der Waals surface area contributed by atoms with Gasteiger partial charge in [0, 0.05) is 17.7 Å². The van der Waals surface area contributed by atoms with Crippen molar-refractivity contribution >= 4 is 23.9 Å². The minimum absolute atomic E-state index is 0.0174. The van der Waals surface area contributed by atoms with Gasteiger partial charge in [-0.1, -0.05) is 48.2 Å². The molecule has 3 aromatic rings. The van der Waals surface area contributed by atoms with Crippen LogP contribution >= 0.6 is 11.8 Å². The van der Waals surface area contributed by atoms with Crippen LogP contribution in [0.1, 0.15) is 19.4 Å². The lowest BCUT2D eigenvalue weighted by atomic mass is 10.2. The standard InChI is InChI=1S/C21H23N5O3S/c1-3-26-20(15-9-6-5-7-10-15)24-25-21(26)30-14-18(27)23-22-13-16-11-8-12-17(19(16)28)29-4-2/h5-13,28H,3-4,14H2,1-2H3,(H,23,27)/b22-13+. The molecule has 8 nitrogen and oxygen atoms in total. The number of nitrogens with one attached hydrogen (secondary N) is 1. The van der Waals surface area contributed by atoms with Crippen molar-refractivity contribution in [3.63, 3.8) is 0 Å². The molecule has 0 fully saturated rings. The maximum Gasteiger partial charge on any atom is 0.250 e. The molecule has 0 aliphatic rings. The van der Waals surface area contributed by atoms with Crippen LogP contribution in [0.3, 0.4) is 0 Å². The zero-order chi connectivity index (χ0) is 21.3. The second-order valence-corrected chi connectivity index (χ2v) is 7.07. The first-order chi connectivity index (χ1) is 14.6. The number of hydrogen-bond acceptors (Lipinski definition) is 7. The molecular weight excluding hydrogens is 402 g/mol. The second-order valence-electron chi connectivity index (χ2n) is 6.13. The lowest BCUT2D eigenvalue weighted by Crippen LogP contribution is -2.20. The molecule has 2 N–H and O–H groups in total. The quantitative estimate of drug-likeness (QED) is 0.310. The van der Waals surface area contributed by atoms with Crippen molar-refractivity contribution in [1.82, 2.24) is 20.2 Å². The van der Waals surface area contributed by atoms with E-state index in [2.05, 4.69) is 20.7 Å². The van der Waals surface area contributed by atoms with Gasteiger partial charge < -0.3 is 14.4 Å². The first-order valence-corrected chi connectivity index (χ1v) is 10.5. The minimum Gasteiger partial charge on any atom is -0.504 e. The summed E-state index contributed by atoms with van der Waals surface area (Å²) in [5.41, 5.74) is 3.88. The maximum absolute atomic E-state index is 12.1. The molecule has 30 heavy (non-hydrogen) atoms. The molecule has 0 unspecified atom stereocenters. The van der Waals surface area contributed by atoms with E-state index in [9.17, 15) is 9.90 Å². The normalized spacial score (nSPS) is 11.0. The van der Waals surface area contributed by atoms with Crippen LogP contribution < -0.4 is 10.2 Å². The van der Waals surface area contributed by atoms with Crippen molar-refractivity contribution in [3.05, 3.63) is 54.1 Å². The van der Waals surface area contributed by atoms with Crippen molar-refractivity contribution in [3.8, 4) is 22.9 Å². The summed E-state index contributed by atoms with van der Waals surface area (Å²) >= 11 is 1.29. The fraction of sp³-hybridized carbons (Fsp3) is 0.238. The Bertz CT molecular complexity index is 1020. The number of aromatic nitrogens is 3. The van der Waals surface area contributed by atoms with Crippen molar-refractivity contribution < 1.29 is 14.6 Å². The first kappa shape index (κ1) is 21.4. The highest BCUT2D eigenvalue weighted by molar-refractivity contribution is 7.99. The van der Waals surface area contributed by atoms with Gasteiger partial charge in [-0.25, -0.2) is 5.43 Å². The molecule has 1 amide bonds. The number of phenolic OH excluding ortho intramolecular Hbond substituents is 1. The Labute approximate surface area is 179 Å². The summed E-state index contributed by atoms with van der Waals surface area (Å²) in [6.45, 7) is 4.97. The molecule has 1 aromatic heterocycles. The fourth-order valence-corrected chi connectivity index (χ4v) is 3.53. The molecular formula is C21H23N5O3S. The fourth-order valence-electron chi connectivity index (χ4n) is 2.73. The number of amides is 1. The molecule has 156 valence electrons. The third-order valence-electron chi connectivity index (χ3n) is 4.12. The number of hydrazone groups is 1. The van der Waals surface area contributed by atoms with Crippen LogP contribution in [0.5, 0.6) is 11.5 Å². The smallest absolute Gasteiger partial charge is 0.250 e. The Hall–Kier alpha value is -3.33. The van der Waals surface area contributed by atoms with Crippen LogP contribution in [0.25, 0.3) is 11.4 Å². The number of carbonyl (C=O) groups excluding carboxylic acids is 1. The van der Waals surface area contributed by atoms with Crippen molar-refractivity contribution in [2.45, 2.75) is 25.5 Å². The number of rotatable bonds is 9. The summed E-state index contributed by atoms with van der Waals surface area (Å²) in [5.74, 6) is 0.967. The van der Waals surface area contributed by atoms with E-state index >= 15 is 0 Å². The van der Waals surface area contributed by atoms with Crippen molar-refractivity contribution in [1.29, 1.82) is 0 Å². The molecule has 0 aliphatic carbocycles. The molecule has 0 spiro atoms. The number of aromatic hydroxyl groups is 1. The van der Waals surface area contributed by atoms with Gasteiger partial charge in [0.05, 0.1) is 18.6 Å². The largest absolute Gasteiger partial charge is 0.504 e. The summed E-state index contributed by atoms with van der Waals surface area (Å²) in [7, 11) is 0. The molecule has 0 atom stereocenters. The SMILES string of the molecule is CCOc1cccc(/C=N/NC(=O)CSc2nnc(-c3ccccc3)n2CC)c1O. The van der Waals surface area contributed by atoms with Gasteiger partial charge in [0.1, 0.15) is 0 Å². The van der Waals surface area contributed by atoms with E-state index in [1.54, 1.807) is 18.2 Å². The zero-order valence-electron chi connectivity index (χ0n) is 16.8. The number of carbonyl (C=O) groups is 1. The Balaban J connectivity index is 1.59. The molecule has 0 aliphatic heterocycles. The lowest BCUT2D eigenvalue weighted by molar-refractivity contribution is -0.118. The predicted octanol–water partition coefficient (Wildman–Crippen LogP) is 3.31. The van der Waals surface area contributed by atoms with Gasteiger partial charge in [-0.3, -0.25) is 4.79 Å². The summed E-state index contributed by atoms with van der Waals surface area (Å²) in [6.07, 6.45) is 1.38. The molecule has 3 rings (SSSR count). The highest BCUT2D eigenvalue weighted by atomic mass is 32.2. The van der Waals surface area contributed by atoms with Gasteiger partial charge in [0.25, 0.3) is 5.91 Å². The Morgan fingerprint density at radius 1 is 1.20 bits per heavy atom. The maximum atomic E-state index is 12.1. The molecule has 2 aromatic carbocycles. The van der Waals surface area contributed by atoms with Crippen molar-refractivity contribution in [2.24, 2.45) is 5.10 Å². The van der Waals surface area contributed by atoms with E-state index in [0.717, 1.165) is 11.4 Å². The minimum atomic E-state index is -0.288. The molecule has 9 heteroatoms. The van der Waals surface area contributed by atoms with Gasteiger partial charge in [-0.2, -0.15) is 5.10 Å². The molecule has 0 saturated carbocycles. The number of nitrogens with zero attached hydrogens (tertiary/aromatic N) is 4. The average Bonchev–Trinajstić information content (AvgIpc) is 3.18. The van der Waals surface area contributed by atoms with Crippen LogP contribution in [-0.2, 0) is 11.3 Å². The highest BCUT2D eigenvalue weighted by Gasteiger charge is 2.14. The number of hydrogen-bond donors (Lipinski definition) is 2. The Morgan fingerprint density at radius 3 is 2.73 bits per heavy atom. The van der Waals surface area contributed by atoms with E-state index < -0.39 is 0 Å². The average molecular weight is 426 g/mol. The molecule has 0 bridgehead atoms. The van der Waals surface area contributed by atoms with Crippen LogP contribution in [0.2, 0.25) is 0 Å². The Morgan fingerprint density at radius 2 is 2.00 bits per heavy atom. The van der Waals surface area contributed by atoms with E-state index in [1.807, 2.05) is 48.7 Å². The number of para-hydroxylation sites is 1. The van der Waals surface area contributed by atoms with Crippen LogP contribution in [0, 0.1) is 0 Å². The number of ether oxygens (including phenoxy) is 1. The third kappa shape index (κ3) is 5.18. The Kier molecular flexibility index (Phi) is 7.45. The van der Waals surface area contributed by atoms with Gasteiger partial charge in [0.2, 0.25) is 0 Å². The summed E-state index contributed by atoms with van der Waals surface area (Å²) in [4.78, 5) is 12.1. The van der Waals surface area contributed by atoms with Crippen LogP contribution in [0.4, 0.5) is 0 Å². The number of benzene rings is 2. The van der Waals surface area contributed by atoms with E-state index in [4.69, 9.17) is 4.74 Å². The zero-order valence-corrected chi connectivity index (χ0v) is 17.6. The van der Waals surface area contributed by atoms with Crippen LogP contribution in [0.15, 0.2) is 58.8 Å². The number of phenols is 1. The van der Waals surface area contributed by atoms with E-state index in [0.29, 0.717) is 29.6 Å². The summed E-state index contributed by atoms with van der Waals surface area (Å²) < 4.78 is 7.30. The highest BCUT2D eigenvalue weighted by Crippen LogP contribution is 2.28. The second kappa shape index (κ2) is 10.4. The number of thioether (sulfide) groups is 1.